The smallest absolute Gasteiger partial charge is 0.340 e. The molecule has 0 amide bonds. The molecule has 0 saturated carbocycles. The summed E-state index contributed by atoms with van der Waals surface area (Å²) in [7, 11) is 1.50. The zero-order chi connectivity index (χ0) is 18.6. The van der Waals surface area contributed by atoms with Gasteiger partial charge in [0.1, 0.15) is 5.75 Å². The maximum Gasteiger partial charge on any atom is 0.340 e. The summed E-state index contributed by atoms with van der Waals surface area (Å²) in [6.45, 7) is -0.495. The van der Waals surface area contributed by atoms with Crippen molar-refractivity contribution >= 4 is 45.0 Å². The second-order valence-electron chi connectivity index (χ2n) is 4.77. The molecule has 0 radical (unpaired) electrons. The average molecular weight is 429 g/mol. The van der Waals surface area contributed by atoms with Gasteiger partial charge in [0.05, 0.1) is 27.1 Å². The number of ether oxygens (including phenoxy) is 2. The van der Waals surface area contributed by atoms with Gasteiger partial charge in [-0.1, -0.05) is 11.6 Å². The highest BCUT2D eigenvalue weighted by Crippen LogP contribution is 2.26. The molecule has 25 heavy (non-hydrogen) atoms. The molecule has 0 spiro atoms. The van der Waals surface area contributed by atoms with Gasteiger partial charge in [-0.25, -0.2) is 4.79 Å². The number of non-ortho nitro benzene ring substituents is 1. The molecule has 0 aliphatic heterocycles. The highest BCUT2D eigenvalue weighted by Gasteiger charge is 2.18. The fourth-order valence-electron chi connectivity index (χ4n) is 1.92. The normalized spacial score (nSPS) is 10.2. The Hall–Kier alpha value is -2.45. The number of ketones is 1. The number of carbonyl (C=O) groups excluding carboxylic acids is 2. The number of esters is 1. The van der Waals surface area contributed by atoms with E-state index in [9.17, 15) is 19.7 Å². The quantitative estimate of drug-likeness (QED) is 0.298. The van der Waals surface area contributed by atoms with Gasteiger partial charge < -0.3 is 9.47 Å². The number of carbonyl (C=O) groups is 2. The lowest BCUT2D eigenvalue weighted by molar-refractivity contribution is -0.384. The lowest BCUT2D eigenvalue weighted by Crippen LogP contribution is -2.14. The van der Waals surface area contributed by atoms with Crippen LogP contribution in [0.1, 0.15) is 20.7 Å². The number of nitrogens with zero attached hydrogens (tertiary/aromatic N) is 1. The van der Waals surface area contributed by atoms with Crippen molar-refractivity contribution in [1.82, 2.24) is 0 Å². The monoisotopic (exact) mass is 427 g/mol. The van der Waals surface area contributed by atoms with Crippen LogP contribution in [0, 0.1) is 10.1 Å². The first-order valence-corrected chi connectivity index (χ1v) is 7.98. The van der Waals surface area contributed by atoms with Crippen LogP contribution in [0.5, 0.6) is 5.75 Å². The Morgan fingerprint density at radius 2 is 1.96 bits per heavy atom. The van der Waals surface area contributed by atoms with E-state index in [-0.39, 0.29) is 16.3 Å². The van der Waals surface area contributed by atoms with Crippen LogP contribution < -0.4 is 4.74 Å². The van der Waals surface area contributed by atoms with Crippen LogP contribution in [0.3, 0.4) is 0 Å². The fourth-order valence-corrected chi connectivity index (χ4v) is 2.71. The van der Waals surface area contributed by atoms with Gasteiger partial charge in [-0.2, -0.15) is 0 Å². The molecule has 0 saturated heterocycles. The molecule has 0 atom stereocenters. The van der Waals surface area contributed by atoms with Gasteiger partial charge in [0, 0.05) is 17.7 Å². The summed E-state index contributed by atoms with van der Waals surface area (Å²) in [4.78, 5) is 34.1. The van der Waals surface area contributed by atoms with Gasteiger partial charge in [-0.05, 0) is 40.2 Å². The molecule has 2 aromatic carbocycles. The predicted octanol–water partition coefficient (Wildman–Crippen LogP) is 4.06. The minimum Gasteiger partial charge on any atom is -0.496 e. The standard InChI is InChI=1S/C16H11BrClNO6/c1-24-15-5-2-9(6-12(15)17)14(20)8-25-16(21)11-4-3-10(19(22)23)7-13(11)18/h2-7H,8H2,1H3. The van der Waals surface area contributed by atoms with Crippen molar-refractivity contribution in [3.05, 3.63) is 67.1 Å². The third-order valence-electron chi connectivity index (χ3n) is 3.19. The number of halogens is 2. The van der Waals surface area contributed by atoms with Gasteiger partial charge in [-0.3, -0.25) is 14.9 Å². The van der Waals surface area contributed by atoms with Crippen molar-refractivity contribution in [2.24, 2.45) is 0 Å². The highest BCUT2D eigenvalue weighted by molar-refractivity contribution is 9.10. The van der Waals surface area contributed by atoms with E-state index in [4.69, 9.17) is 21.1 Å². The van der Waals surface area contributed by atoms with E-state index in [0.29, 0.717) is 15.8 Å². The topological polar surface area (TPSA) is 95.7 Å². The first kappa shape index (κ1) is 18.9. The van der Waals surface area contributed by atoms with E-state index >= 15 is 0 Å². The van der Waals surface area contributed by atoms with Gasteiger partial charge in [0.15, 0.2) is 12.4 Å². The summed E-state index contributed by atoms with van der Waals surface area (Å²) in [5.41, 5.74) is 0.0203. The minimum atomic E-state index is -0.846. The second kappa shape index (κ2) is 8.09. The van der Waals surface area contributed by atoms with Crippen LogP contribution >= 0.6 is 27.5 Å². The molecule has 0 aromatic heterocycles. The number of rotatable bonds is 6. The van der Waals surface area contributed by atoms with E-state index in [1.54, 1.807) is 18.2 Å². The van der Waals surface area contributed by atoms with Crippen LogP contribution in [0.2, 0.25) is 5.02 Å². The Morgan fingerprint density at radius 1 is 1.24 bits per heavy atom. The molecule has 0 unspecified atom stereocenters. The van der Waals surface area contributed by atoms with Gasteiger partial charge >= 0.3 is 5.97 Å². The SMILES string of the molecule is COc1ccc(C(=O)COC(=O)c2ccc([N+](=O)[O-])cc2Cl)cc1Br. The van der Waals surface area contributed by atoms with Crippen molar-refractivity contribution < 1.29 is 24.0 Å². The van der Waals surface area contributed by atoms with Gasteiger partial charge in [0.2, 0.25) is 0 Å². The molecular formula is C16H11BrClNO6. The lowest BCUT2D eigenvalue weighted by Gasteiger charge is -2.07. The van der Waals surface area contributed by atoms with E-state index in [0.717, 1.165) is 12.1 Å². The highest BCUT2D eigenvalue weighted by atomic mass is 79.9. The number of hydrogen-bond donors (Lipinski definition) is 0. The summed E-state index contributed by atoms with van der Waals surface area (Å²) < 4.78 is 10.6. The number of Topliss-reactive ketones (excluding diaryl/α,β-unsaturated/α-hetero) is 1. The average Bonchev–Trinajstić information content (AvgIpc) is 2.59. The maximum absolute atomic E-state index is 12.1. The Morgan fingerprint density at radius 3 is 2.52 bits per heavy atom. The van der Waals surface area contributed by atoms with Crippen molar-refractivity contribution in [2.45, 2.75) is 0 Å². The van der Waals surface area contributed by atoms with Crippen LogP contribution in [0.15, 0.2) is 40.9 Å². The largest absolute Gasteiger partial charge is 0.496 e. The van der Waals surface area contributed by atoms with E-state index < -0.39 is 23.3 Å². The summed E-state index contributed by atoms with van der Waals surface area (Å²) in [6, 6.07) is 8.04. The predicted molar refractivity (Wildman–Crippen MR) is 93.4 cm³/mol. The minimum absolute atomic E-state index is 0.0593. The third-order valence-corrected chi connectivity index (χ3v) is 4.12. The maximum atomic E-state index is 12.1. The zero-order valence-electron chi connectivity index (χ0n) is 12.8. The lowest BCUT2D eigenvalue weighted by atomic mass is 10.1. The number of nitro groups is 1. The number of nitro benzene ring substituents is 1. The summed E-state index contributed by atoms with van der Waals surface area (Å²) in [5.74, 6) is -0.707. The fraction of sp³-hybridized carbons (Fsp3) is 0.125. The van der Waals surface area contributed by atoms with Crippen LogP contribution in [0.25, 0.3) is 0 Å². The van der Waals surface area contributed by atoms with Crippen LogP contribution in [0.4, 0.5) is 5.69 Å². The first-order valence-electron chi connectivity index (χ1n) is 6.81. The zero-order valence-corrected chi connectivity index (χ0v) is 15.2. The molecule has 9 heteroatoms. The van der Waals surface area contributed by atoms with Crippen molar-refractivity contribution in [3.63, 3.8) is 0 Å². The van der Waals surface area contributed by atoms with Crippen molar-refractivity contribution in [3.8, 4) is 5.75 Å². The Bertz CT molecular complexity index is 855. The number of methoxy groups -OCH3 is 1. The Kier molecular flexibility index (Phi) is 6.11. The molecule has 0 fully saturated rings. The molecule has 7 nitrogen and oxygen atoms in total. The van der Waals surface area contributed by atoms with Gasteiger partial charge in [0.25, 0.3) is 5.69 Å². The molecule has 130 valence electrons. The van der Waals surface area contributed by atoms with Crippen LogP contribution in [-0.2, 0) is 4.74 Å². The van der Waals surface area contributed by atoms with E-state index in [1.165, 1.54) is 13.2 Å². The summed E-state index contributed by atoms with van der Waals surface area (Å²) >= 11 is 9.11. The number of hydrogen-bond acceptors (Lipinski definition) is 6. The first-order chi connectivity index (χ1) is 11.8. The summed E-state index contributed by atoms with van der Waals surface area (Å²) in [6.07, 6.45) is 0. The molecule has 0 aliphatic carbocycles. The molecule has 2 aromatic rings. The molecule has 2 rings (SSSR count). The van der Waals surface area contributed by atoms with Crippen molar-refractivity contribution in [1.29, 1.82) is 0 Å². The Balaban J connectivity index is 2.05. The second-order valence-corrected chi connectivity index (χ2v) is 6.03. The third kappa shape index (κ3) is 4.55. The summed E-state index contributed by atoms with van der Waals surface area (Å²) in [5, 5.41) is 10.5. The molecule has 0 bridgehead atoms. The van der Waals surface area contributed by atoms with Gasteiger partial charge in [-0.15, -0.1) is 0 Å². The number of benzene rings is 2. The van der Waals surface area contributed by atoms with Crippen molar-refractivity contribution in [2.75, 3.05) is 13.7 Å². The van der Waals surface area contributed by atoms with Crippen LogP contribution in [-0.4, -0.2) is 30.4 Å². The molecule has 0 aliphatic rings. The molecular weight excluding hydrogens is 418 g/mol. The Labute approximate surface area is 155 Å². The molecule has 0 N–H and O–H groups in total. The van der Waals surface area contributed by atoms with E-state index in [2.05, 4.69) is 15.9 Å². The molecule has 0 heterocycles. The van der Waals surface area contributed by atoms with E-state index in [1.807, 2.05) is 0 Å².